The van der Waals surface area contributed by atoms with Gasteiger partial charge in [0, 0.05) is 17.1 Å². The second kappa shape index (κ2) is 12.9. The van der Waals surface area contributed by atoms with Crippen LogP contribution in [0.3, 0.4) is 0 Å². The largest absolute Gasteiger partial charge is 0.350 e. The minimum absolute atomic E-state index is 0.0589. The van der Waals surface area contributed by atoms with Gasteiger partial charge < -0.3 is 10.2 Å². The fourth-order valence-corrected chi connectivity index (χ4v) is 5.89. The summed E-state index contributed by atoms with van der Waals surface area (Å²) in [6.07, 6.45) is 0.352. The van der Waals surface area contributed by atoms with Gasteiger partial charge in [-0.2, -0.15) is 0 Å². The molecule has 1 N–H and O–H groups in total. The van der Waals surface area contributed by atoms with E-state index >= 15 is 0 Å². The van der Waals surface area contributed by atoms with Gasteiger partial charge in [-0.3, -0.25) is 13.9 Å². The molecule has 0 spiro atoms. The van der Waals surface area contributed by atoms with E-state index in [9.17, 15) is 18.0 Å². The van der Waals surface area contributed by atoms with Crippen molar-refractivity contribution in [2.45, 2.75) is 71.0 Å². The summed E-state index contributed by atoms with van der Waals surface area (Å²) in [4.78, 5) is 29.0. The average Bonchev–Trinajstić information content (AvgIpc) is 2.87. The number of carbonyl (C=O) groups is 2. The van der Waals surface area contributed by atoms with Gasteiger partial charge in [0.25, 0.3) is 10.0 Å². The summed E-state index contributed by atoms with van der Waals surface area (Å²) in [6, 6.07) is 19.6. The Morgan fingerprint density at radius 1 is 0.925 bits per heavy atom. The molecule has 0 aliphatic heterocycles. The zero-order chi connectivity index (χ0) is 29.7. The summed E-state index contributed by atoms with van der Waals surface area (Å²) in [7, 11) is -4.13. The van der Waals surface area contributed by atoms with Gasteiger partial charge in [0.1, 0.15) is 12.6 Å². The number of nitrogens with zero attached hydrogens (tertiary/aromatic N) is 2. The van der Waals surface area contributed by atoms with Gasteiger partial charge in [-0.25, -0.2) is 8.42 Å². The van der Waals surface area contributed by atoms with E-state index in [1.807, 2.05) is 65.8 Å². The van der Waals surface area contributed by atoms with Crippen molar-refractivity contribution in [2.75, 3.05) is 10.8 Å². The van der Waals surface area contributed by atoms with Gasteiger partial charge in [0.15, 0.2) is 0 Å². The molecule has 7 nitrogen and oxygen atoms in total. The van der Waals surface area contributed by atoms with Gasteiger partial charge >= 0.3 is 0 Å². The highest BCUT2D eigenvalue weighted by Crippen LogP contribution is 2.26. The number of nitrogens with one attached hydrogen (secondary N) is 1. The van der Waals surface area contributed by atoms with Crippen LogP contribution < -0.4 is 9.62 Å². The third-order valence-corrected chi connectivity index (χ3v) is 8.36. The molecule has 0 heterocycles. The molecule has 1 unspecified atom stereocenters. The third-order valence-electron chi connectivity index (χ3n) is 6.32. The summed E-state index contributed by atoms with van der Waals surface area (Å²) in [5.41, 5.74) is 2.55. The summed E-state index contributed by atoms with van der Waals surface area (Å²) in [5, 5.41) is 3.41. The van der Waals surface area contributed by atoms with E-state index in [1.165, 1.54) is 17.0 Å². The number of halogens is 1. The first-order chi connectivity index (χ1) is 18.7. The number of anilines is 1. The van der Waals surface area contributed by atoms with Crippen molar-refractivity contribution in [1.29, 1.82) is 0 Å². The molecule has 3 rings (SSSR count). The van der Waals surface area contributed by atoms with Crippen LogP contribution in [0.5, 0.6) is 0 Å². The Balaban J connectivity index is 2.07. The van der Waals surface area contributed by atoms with E-state index in [0.29, 0.717) is 17.1 Å². The van der Waals surface area contributed by atoms with E-state index in [0.717, 1.165) is 21.0 Å². The SMILES string of the molecule is CCC(C(=O)NC(C)(C)C)N(Cc1cccc(C)c1)C(=O)CN(c1ccc(Cl)cc1)S(=O)(=O)c1ccc(C)cc1. The first-order valence-corrected chi connectivity index (χ1v) is 15.0. The van der Waals surface area contributed by atoms with Crippen molar-refractivity contribution in [3.63, 3.8) is 0 Å². The molecule has 0 fully saturated rings. The monoisotopic (exact) mass is 583 g/mol. The number of benzene rings is 3. The van der Waals surface area contributed by atoms with Crippen LogP contribution in [0.4, 0.5) is 5.69 Å². The smallest absolute Gasteiger partial charge is 0.264 e. The molecule has 0 saturated heterocycles. The molecular weight excluding hydrogens is 546 g/mol. The Hall–Kier alpha value is -3.36. The maximum atomic E-state index is 14.1. The number of rotatable bonds is 10. The zero-order valence-electron chi connectivity index (χ0n) is 23.9. The van der Waals surface area contributed by atoms with Crippen LogP contribution in [0.15, 0.2) is 77.7 Å². The molecule has 3 aromatic carbocycles. The van der Waals surface area contributed by atoms with Crippen LogP contribution in [0, 0.1) is 13.8 Å². The minimum atomic E-state index is -4.13. The molecule has 40 heavy (non-hydrogen) atoms. The van der Waals surface area contributed by atoms with Gasteiger partial charge in [-0.05, 0) is 83.0 Å². The van der Waals surface area contributed by atoms with Crippen LogP contribution >= 0.6 is 11.6 Å². The Kier molecular flexibility index (Phi) is 10.0. The predicted octanol–water partition coefficient (Wildman–Crippen LogP) is 5.87. The number of carbonyl (C=O) groups excluding carboxylic acids is 2. The molecule has 2 amide bonds. The molecule has 0 aliphatic rings. The molecule has 0 aromatic heterocycles. The fraction of sp³-hybridized carbons (Fsp3) is 0.355. The predicted molar refractivity (Wildman–Crippen MR) is 161 cm³/mol. The first-order valence-electron chi connectivity index (χ1n) is 13.2. The highest BCUT2D eigenvalue weighted by atomic mass is 35.5. The lowest BCUT2D eigenvalue weighted by Crippen LogP contribution is -2.55. The maximum absolute atomic E-state index is 14.1. The quantitative estimate of drug-likeness (QED) is 0.323. The van der Waals surface area contributed by atoms with Crippen LogP contribution in [-0.4, -0.2) is 43.3 Å². The number of hydrogen-bond acceptors (Lipinski definition) is 4. The number of aryl methyl sites for hydroxylation is 2. The summed E-state index contributed by atoms with van der Waals surface area (Å²) in [6.45, 7) is 10.9. The minimum Gasteiger partial charge on any atom is -0.350 e. The van der Waals surface area contributed by atoms with Crippen molar-refractivity contribution in [2.24, 2.45) is 0 Å². The van der Waals surface area contributed by atoms with Gasteiger partial charge in [-0.1, -0.05) is 66.0 Å². The highest BCUT2D eigenvalue weighted by molar-refractivity contribution is 7.92. The Labute approximate surface area is 243 Å². The fourth-order valence-electron chi connectivity index (χ4n) is 4.35. The second-order valence-corrected chi connectivity index (χ2v) is 13.3. The van der Waals surface area contributed by atoms with Crippen molar-refractivity contribution < 1.29 is 18.0 Å². The number of sulfonamides is 1. The molecule has 1 atom stereocenters. The lowest BCUT2D eigenvalue weighted by atomic mass is 10.0. The molecule has 0 bridgehead atoms. The van der Waals surface area contributed by atoms with E-state index in [-0.39, 0.29) is 17.3 Å². The Morgan fingerprint density at radius 2 is 1.55 bits per heavy atom. The van der Waals surface area contributed by atoms with Gasteiger partial charge in [-0.15, -0.1) is 0 Å². The topological polar surface area (TPSA) is 86.8 Å². The normalized spacial score (nSPS) is 12.5. The van der Waals surface area contributed by atoms with E-state index in [4.69, 9.17) is 11.6 Å². The molecule has 0 saturated carbocycles. The standard InChI is InChI=1S/C31H38ClN3O4S/c1-7-28(30(37)33-31(4,5)6)34(20-24-10-8-9-23(3)19-24)29(36)21-35(26-15-13-25(32)14-16-26)40(38,39)27-17-11-22(2)12-18-27/h8-19,28H,7,20-21H2,1-6H3,(H,33,37). The summed E-state index contributed by atoms with van der Waals surface area (Å²) < 4.78 is 28.9. The summed E-state index contributed by atoms with van der Waals surface area (Å²) in [5.74, 6) is -0.793. The van der Waals surface area contributed by atoms with Crippen molar-refractivity contribution in [3.05, 3.63) is 94.5 Å². The Morgan fingerprint density at radius 3 is 2.10 bits per heavy atom. The van der Waals surface area contributed by atoms with Crippen LogP contribution in [-0.2, 0) is 26.2 Å². The van der Waals surface area contributed by atoms with E-state index in [1.54, 1.807) is 36.4 Å². The first kappa shape index (κ1) is 31.2. The second-order valence-electron chi connectivity index (χ2n) is 11.0. The van der Waals surface area contributed by atoms with E-state index < -0.39 is 34.1 Å². The van der Waals surface area contributed by atoms with Crippen LogP contribution in [0.25, 0.3) is 0 Å². The number of amides is 2. The lowest BCUT2D eigenvalue weighted by Gasteiger charge is -2.34. The molecule has 3 aromatic rings. The van der Waals surface area contributed by atoms with Crippen molar-refractivity contribution in [3.8, 4) is 0 Å². The van der Waals surface area contributed by atoms with Crippen LogP contribution in [0.2, 0.25) is 5.02 Å². The average molecular weight is 584 g/mol. The van der Waals surface area contributed by atoms with Gasteiger partial charge in [0.05, 0.1) is 10.6 Å². The van der Waals surface area contributed by atoms with E-state index in [2.05, 4.69) is 5.32 Å². The van der Waals surface area contributed by atoms with Crippen molar-refractivity contribution in [1.82, 2.24) is 10.2 Å². The third kappa shape index (κ3) is 8.08. The van der Waals surface area contributed by atoms with Crippen LogP contribution in [0.1, 0.15) is 50.8 Å². The zero-order valence-corrected chi connectivity index (χ0v) is 25.5. The molecule has 214 valence electrons. The highest BCUT2D eigenvalue weighted by Gasteiger charge is 2.34. The maximum Gasteiger partial charge on any atom is 0.264 e. The molecule has 0 radical (unpaired) electrons. The lowest BCUT2D eigenvalue weighted by molar-refractivity contribution is -0.141. The molecular formula is C31H38ClN3O4S. The molecule has 9 heteroatoms. The van der Waals surface area contributed by atoms with Gasteiger partial charge in [0.2, 0.25) is 11.8 Å². The summed E-state index contributed by atoms with van der Waals surface area (Å²) >= 11 is 6.08. The number of hydrogen-bond donors (Lipinski definition) is 1. The Bertz CT molecular complexity index is 1430. The van der Waals surface area contributed by atoms with Crippen molar-refractivity contribution >= 4 is 39.1 Å². The molecule has 0 aliphatic carbocycles.